The molecule has 33 heavy (non-hydrogen) atoms. The van der Waals surface area contributed by atoms with Crippen LogP contribution in [0, 0.1) is 12.8 Å². The van der Waals surface area contributed by atoms with Crippen molar-refractivity contribution in [2.24, 2.45) is 5.92 Å². The maximum atomic E-state index is 13.1. The average Bonchev–Trinajstić information content (AvgIpc) is 3.31. The summed E-state index contributed by atoms with van der Waals surface area (Å²) in [5, 5.41) is 9.98. The van der Waals surface area contributed by atoms with Crippen molar-refractivity contribution < 1.29 is 23.2 Å². The van der Waals surface area contributed by atoms with Crippen LogP contribution >= 0.6 is 0 Å². The molecule has 9 heteroatoms. The van der Waals surface area contributed by atoms with E-state index in [4.69, 9.17) is 9.94 Å². The molecule has 2 atom stereocenters. The van der Waals surface area contributed by atoms with Crippen molar-refractivity contribution in [3.63, 3.8) is 0 Å². The predicted molar refractivity (Wildman–Crippen MR) is 123 cm³/mol. The number of carbonyl (C=O) groups excluding carboxylic acids is 1. The minimum Gasteiger partial charge on any atom is -0.489 e. The first-order valence-corrected chi connectivity index (χ1v) is 12.3. The molecule has 1 heterocycles. The summed E-state index contributed by atoms with van der Waals surface area (Å²) in [6.45, 7) is 2.26. The van der Waals surface area contributed by atoms with Gasteiger partial charge in [0.25, 0.3) is 0 Å². The number of pyridine rings is 1. The van der Waals surface area contributed by atoms with Crippen LogP contribution in [0.25, 0.3) is 10.9 Å². The minimum absolute atomic E-state index is 0.123. The molecule has 8 nitrogen and oxygen atoms in total. The molecule has 174 valence electrons. The molecule has 0 saturated heterocycles. The molecule has 1 amide bonds. The third-order valence-electron chi connectivity index (χ3n) is 6.22. The molecule has 2 N–H and O–H groups in total. The third-order valence-corrected chi connectivity index (χ3v) is 8.12. The molecule has 3 aromatic rings. The first-order valence-electron chi connectivity index (χ1n) is 10.8. The number of carbonyl (C=O) groups is 1. The maximum absolute atomic E-state index is 13.1. The number of rotatable bonds is 7. The van der Waals surface area contributed by atoms with Crippen molar-refractivity contribution in [3.8, 4) is 5.75 Å². The number of para-hydroxylation sites is 1. The topological polar surface area (TPSA) is 109 Å². The van der Waals surface area contributed by atoms with E-state index in [0.29, 0.717) is 25.2 Å². The van der Waals surface area contributed by atoms with E-state index in [1.807, 2.05) is 37.3 Å². The van der Waals surface area contributed by atoms with Crippen molar-refractivity contribution in [1.29, 1.82) is 0 Å². The number of aromatic nitrogens is 1. The fourth-order valence-corrected chi connectivity index (χ4v) is 5.91. The van der Waals surface area contributed by atoms with Gasteiger partial charge in [-0.05, 0) is 56.2 Å². The van der Waals surface area contributed by atoms with E-state index < -0.39 is 27.9 Å². The largest absolute Gasteiger partial charge is 0.489 e. The number of aryl methyl sites for hydroxylation is 1. The van der Waals surface area contributed by atoms with Gasteiger partial charge < -0.3 is 4.74 Å². The number of benzene rings is 2. The Bertz CT molecular complexity index is 1260. The molecular weight excluding hydrogens is 442 g/mol. The molecule has 0 spiro atoms. The van der Waals surface area contributed by atoms with Crippen LogP contribution < -0.4 is 10.2 Å². The smallest absolute Gasteiger partial charge is 0.248 e. The maximum Gasteiger partial charge on any atom is 0.248 e. The van der Waals surface area contributed by atoms with E-state index in [1.165, 1.54) is 23.5 Å². The summed E-state index contributed by atoms with van der Waals surface area (Å²) in [4.78, 5) is 16.6. The Morgan fingerprint density at radius 3 is 2.64 bits per heavy atom. The van der Waals surface area contributed by atoms with Crippen molar-refractivity contribution in [2.75, 3.05) is 7.05 Å². The number of nitrogens with one attached hydrogen (secondary N) is 1. The fourth-order valence-electron chi connectivity index (χ4n) is 4.49. The van der Waals surface area contributed by atoms with Crippen molar-refractivity contribution in [2.45, 2.75) is 43.7 Å². The van der Waals surface area contributed by atoms with Crippen LogP contribution in [0.3, 0.4) is 0 Å². The molecule has 0 unspecified atom stereocenters. The second kappa shape index (κ2) is 9.46. The van der Waals surface area contributed by atoms with Crippen molar-refractivity contribution >= 4 is 26.8 Å². The Hall–Kier alpha value is -3.01. The van der Waals surface area contributed by atoms with E-state index in [0.717, 1.165) is 28.6 Å². The number of hydrogen-bond donors (Lipinski definition) is 2. The van der Waals surface area contributed by atoms with E-state index in [-0.39, 0.29) is 4.90 Å². The van der Waals surface area contributed by atoms with E-state index in [1.54, 1.807) is 17.6 Å². The normalized spacial score (nSPS) is 18.5. The van der Waals surface area contributed by atoms with Gasteiger partial charge in [-0.1, -0.05) is 24.6 Å². The Morgan fingerprint density at radius 2 is 1.91 bits per heavy atom. The molecule has 1 saturated carbocycles. The molecule has 1 aliphatic carbocycles. The zero-order valence-electron chi connectivity index (χ0n) is 18.6. The average molecular weight is 470 g/mol. The lowest BCUT2D eigenvalue weighted by molar-refractivity contribution is -0.134. The van der Waals surface area contributed by atoms with Gasteiger partial charge in [-0.25, -0.2) is 13.9 Å². The quantitative estimate of drug-likeness (QED) is 0.405. The van der Waals surface area contributed by atoms with Crippen LogP contribution in [-0.4, -0.2) is 41.9 Å². The molecule has 0 aliphatic heterocycles. The van der Waals surface area contributed by atoms with E-state index >= 15 is 0 Å². The molecule has 1 fully saturated rings. The summed E-state index contributed by atoms with van der Waals surface area (Å²) < 4.78 is 33.4. The van der Waals surface area contributed by atoms with Gasteiger partial charge in [-0.2, -0.15) is 4.31 Å². The second-order valence-electron chi connectivity index (χ2n) is 8.30. The van der Waals surface area contributed by atoms with Gasteiger partial charge in [-0.15, -0.1) is 0 Å². The predicted octanol–water partition coefficient (Wildman–Crippen LogP) is 3.42. The molecule has 0 radical (unpaired) electrons. The highest BCUT2D eigenvalue weighted by Crippen LogP contribution is 2.33. The van der Waals surface area contributed by atoms with E-state index in [2.05, 4.69) is 4.98 Å². The van der Waals surface area contributed by atoms with Gasteiger partial charge >= 0.3 is 0 Å². The number of sulfonamides is 1. The highest BCUT2D eigenvalue weighted by atomic mass is 32.2. The number of ether oxygens (including phenoxy) is 1. The Labute approximate surface area is 193 Å². The molecule has 2 aromatic carbocycles. The number of amides is 1. The first kappa shape index (κ1) is 23.2. The summed E-state index contributed by atoms with van der Waals surface area (Å²) in [5.41, 5.74) is 4.46. The number of nitrogens with zero attached hydrogens (tertiary/aromatic N) is 2. The Morgan fingerprint density at radius 1 is 1.18 bits per heavy atom. The lowest BCUT2D eigenvalue weighted by Gasteiger charge is -2.28. The van der Waals surface area contributed by atoms with Crippen molar-refractivity contribution in [1.82, 2.24) is 14.8 Å². The monoisotopic (exact) mass is 469 g/mol. The second-order valence-corrected chi connectivity index (χ2v) is 10.3. The Kier molecular flexibility index (Phi) is 6.64. The van der Waals surface area contributed by atoms with Crippen molar-refractivity contribution in [3.05, 3.63) is 65.9 Å². The summed E-state index contributed by atoms with van der Waals surface area (Å²) >= 11 is 0. The lowest BCUT2D eigenvalue weighted by atomic mass is 10.0. The third kappa shape index (κ3) is 4.71. The Balaban J connectivity index is 1.49. The summed E-state index contributed by atoms with van der Waals surface area (Å²) in [5.74, 6) is -0.577. The van der Waals surface area contributed by atoms with Gasteiger partial charge in [0, 0.05) is 29.7 Å². The number of fused-ring (bicyclic) bond motifs is 1. The zero-order chi connectivity index (χ0) is 23.6. The van der Waals surface area contributed by atoms with Crippen LogP contribution in [0.2, 0.25) is 0 Å². The summed E-state index contributed by atoms with van der Waals surface area (Å²) in [6.07, 6.45) is 1.82. The molecule has 1 aromatic heterocycles. The lowest BCUT2D eigenvalue weighted by Crippen LogP contribution is -2.44. The van der Waals surface area contributed by atoms with Crippen LogP contribution in [0.1, 0.15) is 30.5 Å². The van der Waals surface area contributed by atoms with Gasteiger partial charge in [-0.3, -0.25) is 15.0 Å². The van der Waals surface area contributed by atoms with Gasteiger partial charge in [0.1, 0.15) is 12.4 Å². The highest BCUT2D eigenvalue weighted by molar-refractivity contribution is 7.89. The fraction of sp³-hybridized carbons (Fsp3) is 0.333. The van der Waals surface area contributed by atoms with Gasteiger partial charge in [0.05, 0.1) is 16.3 Å². The SMILES string of the molecule is Cc1cc(COc2ccc(S(=O)(=O)N(C)[C@H]3CCC[C@H]3C(=O)NO)cc2)c2ccccc2n1. The van der Waals surface area contributed by atoms with Crippen LogP contribution in [0.4, 0.5) is 0 Å². The highest BCUT2D eigenvalue weighted by Gasteiger charge is 2.40. The minimum atomic E-state index is -3.81. The first-order chi connectivity index (χ1) is 15.8. The molecule has 4 rings (SSSR count). The van der Waals surface area contributed by atoms with Crippen LogP contribution in [-0.2, 0) is 21.4 Å². The molecule has 1 aliphatic rings. The zero-order valence-corrected chi connectivity index (χ0v) is 19.4. The number of hydroxylamine groups is 1. The van der Waals surface area contributed by atoms with Gasteiger partial charge in [0.15, 0.2) is 0 Å². The van der Waals surface area contributed by atoms with Gasteiger partial charge in [0.2, 0.25) is 15.9 Å². The van der Waals surface area contributed by atoms with E-state index in [9.17, 15) is 13.2 Å². The van der Waals surface area contributed by atoms with Crippen LogP contribution in [0.15, 0.2) is 59.5 Å². The summed E-state index contributed by atoms with van der Waals surface area (Å²) in [6, 6.07) is 15.6. The number of hydrogen-bond acceptors (Lipinski definition) is 6. The molecular formula is C24H27N3O5S. The summed E-state index contributed by atoms with van der Waals surface area (Å²) in [7, 11) is -2.33. The van der Waals surface area contributed by atoms with Crippen LogP contribution in [0.5, 0.6) is 5.75 Å². The molecule has 0 bridgehead atoms. The standard InChI is InChI=1S/C24H27N3O5S/c1-16-14-17(20-6-3-4-8-22(20)25-16)15-32-18-10-12-19(13-11-18)33(30,31)27(2)23-9-5-7-21(23)24(28)26-29/h3-4,6,8,10-14,21,23,29H,5,7,9,15H2,1-2H3,(H,26,28)/t21-,23+/m1/s1.